The van der Waals surface area contributed by atoms with E-state index in [0.717, 1.165) is 44.1 Å². The van der Waals surface area contributed by atoms with Gasteiger partial charge in [0.25, 0.3) is 5.91 Å². The molecule has 1 aliphatic heterocycles. The number of benzene rings is 2. The molecule has 6 nitrogen and oxygen atoms in total. The number of hydrogen-bond donors (Lipinski definition) is 1. The van der Waals surface area contributed by atoms with Crippen molar-refractivity contribution in [2.45, 2.75) is 13.5 Å². The van der Waals surface area contributed by atoms with E-state index in [2.05, 4.69) is 49.6 Å². The van der Waals surface area contributed by atoms with Gasteiger partial charge in [-0.2, -0.15) is 0 Å². The minimum absolute atomic E-state index is 0.176. The standard InChI is InChI=1S/C23H25N5O/c1-18-6-5-9-20(16-18)23(29)24-21-10-11-22(26-25-21)28-14-12-27(13-15-28)17-19-7-3-2-4-8-19/h2-11,16H,12-15,17H2,1H3,(H,24,25,29). The molecule has 6 heteroatoms. The highest BCUT2D eigenvalue weighted by Crippen LogP contribution is 2.16. The van der Waals surface area contributed by atoms with Gasteiger partial charge >= 0.3 is 0 Å². The summed E-state index contributed by atoms with van der Waals surface area (Å²) in [4.78, 5) is 17.0. The SMILES string of the molecule is Cc1cccc(C(=O)Nc2ccc(N3CCN(Cc4ccccc4)CC3)nn2)c1. The third-order valence-electron chi connectivity index (χ3n) is 5.12. The Kier molecular flexibility index (Phi) is 5.81. The molecule has 0 saturated carbocycles. The zero-order chi connectivity index (χ0) is 20.1. The molecule has 3 aromatic rings. The van der Waals surface area contributed by atoms with E-state index in [0.29, 0.717) is 11.4 Å². The topological polar surface area (TPSA) is 61.4 Å². The first-order valence-corrected chi connectivity index (χ1v) is 9.90. The maximum atomic E-state index is 12.3. The van der Waals surface area contributed by atoms with Gasteiger partial charge < -0.3 is 10.2 Å². The zero-order valence-corrected chi connectivity index (χ0v) is 16.6. The second-order valence-electron chi connectivity index (χ2n) is 7.35. The number of carbonyl (C=O) groups excluding carboxylic acids is 1. The molecular weight excluding hydrogens is 362 g/mol. The quantitative estimate of drug-likeness (QED) is 0.727. The first-order valence-electron chi connectivity index (χ1n) is 9.90. The van der Waals surface area contributed by atoms with Crippen molar-refractivity contribution >= 4 is 17.5 Å². The molecule has 1 aromatic heterocycles. The average molecular weight is 387 g/mol. The van der Waals surface area contributed by atoms with Crippen LogP contribution in [0.25, 0.3) is 0 Å². The van der Waals surface area contributed by atoms with Crippen LogP contribution >= 0.6 is 0 Å². The Morgan fingerprint density at radius 1 is 0.931 bits per heavy atom. The monoisotopic (exact) mass is 387 g/mol. The van der Waals surface area contributed by atoms with E-state index >= 15 is 0 Å². The minimum atomic E-state index is -0.176. The average Bonchev–Trinajstić information content (AvgIpc) is 2.76. The number of aryl methyl sites for hydroxylation is 1. The van der Waals surface area contributed by atoms with Crippen molar-refractivity contribution in [1.29, 1.82) is 0 Å². The molecule has 29 heavy (non-hydrogen) atoms. The molecule has 0 bridgehead atoms. The van der Waals surface area contributed by atoms with Gasteiger partial charge in [0, 0.05) is 38.3 Å². The van der Waals surface area contributed by atoms with Crippen molar-refractivity contribution < 1.29 is 4.79 Å². The fourth-order valence-corrected chi connectivity index (χ4v) is 3.51. The van der Waals surface area contributed by atoms with Gasteiger partial charge in [-0.3, -0.25) is 9.69 Å². The Bertz CT molecular complexity index is 951. The Morgan fingerprint density at radius 2 is 1.72 bits per heavy atom. The lowest BCUT2D eigenvalue weighted by atomic mass is 10.1. The van der Waals surface area contributed by atoms with Crippen molar-refractivity contribution in [2.75, 3.05) is 36.4 Å². The number of amides is 1. The van der Waals surface area contributed by atoms with Crippen LogP contribution in [0.1, 0.15) is 21.5 Å². The Labute approximate surface area is 171 Å². The summed E-state index contributed by atoms with van der Waals surface area (Å²) in [7, 11) is 0. The number of carbonyl (C=O) groups is 1. The van der Waals surface area contributed by atoms with Crippen LogP contribution in [0, 0.1) is 6.92 Å². The molecule has 1 fully saturated rings. The summed E-state index contributed by atoms with van der Waals surface area (Å²) >= 11 is 0. The Hall–Kier alpha value is -3.25. The number of rotatable bonds is 5. The van der Waals surface area contributed by atoms with Crippen LogP contribution in [0.3, 0.4) is 0 Å². The molecule has 148 valence electrons. The summed E-state index contributed by atoms with van der Waals surface area (Å²) in [5.41, 5.74) is 3.00. The van der Waals surface area contributed by atoms with E-state index in [4.69, 9.17) is 0 Å². The number of aromatic nitrogens is 2. The summed E-state index contributed by atoms with van der Waals surface area (Å²) in [5, 5.41) is 11.3. The van der Waals surface area contributed by atoms with Crippen LogP contribution in [0.4, 0.5) is 11.6 Å². The summed E-state index contributed by atoms with van der Waals surface area (Å²) in [5.74, 6) is 1.13. The summed E-state index contributed by atoms with van der Waals surface area (Å²) < 4.78 is 0. The summed E-state index contributed by atoms with van der Waals surface area (Å²) in [6, 6.07) is 21.8. The second kappa shape index (κ2) is 8.84. The highest BCUT2D eigenvalue weighted by Gasteiger charge is 2.18. The van der Waals surface area contributed by atoms with Gasteiger partial charge in [-0.1, -0.05) is 48.0 Å². The molecule has 2 aromatic carbocycles. The number of piperazine rings is 1. The minimum Gasteiger partial charge on any atom is -0.353 e. The fourth-order valence-electron chi connectivity index (χ4n) is 3.51. The van der Waals surface area contributed by atoms with Gasteiger partial charge in [0.2, 0.25) is 0 Å². The lowest BCUT2D eigenvalue weighted by Gasteiger charge is -2.35. The lowest BCUT2D eigenvalue weighted by Crippen LogP contribution is -2.46. The molecule has 1 aliphatic rings. The van der Waals surface area contributed by atoms with Gasteiger partial charge in [0.05, 0.1) is 0 Å². The largest absolute Gasteiger partial charge is 0.353 e. The van der Waals surface area contributed by atoms with E-state index in [1.807, 2.05) is 43.3 Å². The van der Waals surface area contributed by atoms with Gasteiger partial charge in [0.1, 0.15) is 0 Å². The van der Waals surface area contributed by atoms with Gasteiger partial charge in [-0.05, 0) is 36.8 Å². The highest BCUT2D eigenvalue weighted by atomic mass is 16.1. The van der Waals surface area contributed by atoms with Crippen LogP contribution in [0.2, 0.25) is 0 Å². The molecule has 1 amide bonds. The highest BCUT2D eigenvalue weighted by molar-refractivity contribution is 6.03. The van der Waals surface area contributed by atoms with Gasteiger partial charge in [-0.15, -0.1) is 10.2 Å². The molecule has 2 heterocycles. The van der Waals surface area contributed by atoms with Crippen molar-refractivity contribution in [3.63, 3.8) is 0 Å². The Balaban J connectivity index is 1.31. The second-order valence-corrected chi connectivity index (χ2v) is 7.35. The van der Waals surface area contributed by atoms with Gasteiger partial charge in [0.15, 0.2) is 11.6 Å². The molecule has 1 saturated heterocycles. The third-order valence-corrected chi connectivity index (χ3v) is 5.12. The number of nitrogens with one attached hydrogen (secondary N) is 1. The number of anilines is 2. The molecule has 1 N–H and O–H groups in total. The first-order chi connectivity index (χ1) is 14.2. The van der Waals surface area contributed by atoms with Crippen LogP contribution in [0.15, 0.2) is 66.7 Å². The summed E-state index contributed by atoms with van der Waals surface area (Å²) in [6.45, 7) is 6.74. The third kappa shape index (κ3) is 4.97. The van der Waals surface area contributed by atoms with Crippen molar-refractivity contribution in [3.8, 4) is 0 Å². The molecule has 0 spiro atoms. The fraction of sp³-hybridized carbons (Fsp3) is 0.261. The maximum Gasteiger partial charge on any atom is 0.256 e. The van der Waals surface area contributed by atoms with E-state index in [1.165, 1.54) is 5.56 Å². The maximum absolute atomic E-state index is 12.3. The molecule has 4 rings (SSSR count). The molecule has 0 radical (unpaired) electrons. The molecular formula is C23H25N5O. The van der Waals surface area contributed by atoms with Crippen LogP contribution < -0.4 is 10.2 Å². The molecule has 0 unspecified atom stereocenters. The van der Waals surface area contributed by atoms with Crippen molar-refractivity contribution in [3.05, 3.63) is 83.4 Å². The number of nitrogens with zero attached hydrogens (tertiary/aromatic N) is 4. The van der Waals surface area contributed by atoms with Gasteiger partial charge in [-0.25, -0.2) is 0 Å². The van der Waals surface area contributed by atoms with Crippen molar-refractivity contribution in [1.82, 2.24) is 15.1 Å². The van der Waals surface area contributed by atoms with E-state index in [9.17, 15) is 4.79 Å². The van der Waals surface area contributed by atoms with E-state index < -0.39 is 0 Å². The van der Waals surface area contributed by atoms with Crippen molar-refractivity contribution in [2.24, 2.45) is 0 Å². The van der Waals surface area contributed by atoms with E-state index in [-0.39, 0.29) is 5.91 Å². The molecule has 0 atom stereocenters. The Morgan fingerprint density at radius 3 is 2.41 bits per heavy atom. The molecule has 0 aliphatic carbocycles. The predicted octanol–water partition coefficient (Wildman–Crippen LogP) is 3.36. The van der Waals surface area contributed by atoms with E-state index in [1.54, 1.807) is 6.07 Å². The van der Waals surface area contributed by atoms with Crippen LogP contribution in [-0.2, 0) is 6.54 Å². The lowest BCUT2D eigenvalue weighted by molar-refractivity contribution is 0.102. The van der Waals surface area contributed by atoms with Crippen LogP contribution in [0.5, 0.6) is 0 Å². The smallest absolute Gasteiger partial charge is 0.256 e. The first kappa shape index (κ1) is 19.1. The normalized spacial score (nSPS) is 14.6. The van der Waals surface area contributed by atoms with Crippen LogP contribution in [-0.4, -0.2) is 47.2 Å². The zero-order valence-electron chi connectivity index (χ0n) is 16.6. The predicted molar refractivity (Wildman–Crippen MR) is 115 cm³/mol. The number of hydrogen-bond acceptors (Lipinski definition) is 5. The summed E-state index contributed by atoms with van der Waals surface area (Å²) in [6.07, 6.45) is 0.